The van der Waals surface area contributed by atoms with Gasteiger partial charge in [0.05, 0.1) is 11.3 Å². The van der Waals surface area contributed by atoms with E-state index in [0.29, 0.717) is 0 Å². The molecule has 1 aromatic heterocycles. The highest BCUT2D eigenvalue weighted by Gasteiger charge is 2.07. The average Bonchev–Trinajstić information content (AvgIpc) is 2.15. The van der Waals surface area contributed by atoms with Crippen LogP contribution in [-0.2, 0) is 0 Å². The van der Waals surface area contributed by atoms with E-state index in [-0.39, 0.29) is 11.3 Å². The van der Waals surface area contributed by atoms with Gasteiger partial charge >= 0.3 is 0 Å². The zero-order chi connectivity index (χ0) is 9.68. The van der Waals surface area contributed by atoms with Gasteiger partial charge in [-0.1, -0.05) is 6.07 Å². The Labute approximate surface area is 74.4 Å². The van der Waals surface area contributed by atoms with Gasteiger partial charge in [-0.2, -0.15) is 4.39 Å². The summed E-state index contributed by atoms with van der Waals surface area (Å²) in [6.07, 6.45) is 2.45. The Morgan fingerprint density at radius 1 is 1.54 bits per heavy atom. The van der Waals surface area contributed by atoms with Crippen LogP contribution in [0.3, 0.4) is 0 Å². The standard InChI is InChI=1S/C9H8F2N2/c10-5-4-7(9(11)12)8-3-1-2-6-13-8/h1-4,6,12H,5H2/b7-4+,12-9?. The van der Waals surface area contributed by atoms with E-state index >= 15 is 0 Å². The van der Waals surface area contributed by atoms with E-state index in [9.17, 15) is 8.78 Å². The molecule has 0 atom stereocenters. The molecule has 1 heterocycles. The van der Waals surface area contributed by atoms with Crippen LogP contribution in [0.4, 0.5) is 8.78 Å². The fourth-order valence-electron chi connectivity index (χ4n) is 0.906. The molecule has 1 aromatic rings. The van der Waals surface area contributed by atoms with E-state index in [1.54, 1.807) is 12.1 Å². The Bertz CT molecular complexity index is 320. The second kappa shape index (κ2) is 4.45. The van der Waals surface area contributed by atoms with Crippen molar-refractivity contribution in [3.63, 3.8) is 0 Å². The topological polar surface area (TPSA) is 36.7 Å². The van der Waals surface area contributed by atoms with Crippen LogP contribution in [-0.4, -0.2) is 17.6 Å². The summed E-state index contributed by atoms with van der Waals surface area (Å²) in [6, 6.07) is 4.84. The third kappa shape index (κ3) is 2.43. The molecule has 0 aliphatic rings. The van der Waals surface area contributed by atoms with Crippen LogP contribution in [0.2, 0.25) is 0 Å². The Morgan fingerprint density at radius 2 is 2.31 bits per heavy atom. The van der Waals surface area contributed by atoms with Gasteiger partial charge < -0.3 is 0 Å². The van der Waals surface area contributed by atoms with E-state index in [4.69, 9.17) is 5.41 Å². The van der Waals surface area contributed by atoms with Gasteiger partial charge in [-0.15, -0.1) is 0 Å². The number of rotatable bonds is 3. The number of hydrogen-bond donors (Lipinski definition) is 1. The minimum absolute atomic E-state index is 0.108. The number of nitrogens with zero attached hydrogens (tertiary/aromatic N) is 1. The lowest BCUT2D eigenvalue weighted by molar-refractivity contribution is 0.562. The molecular formula is C9H8F2N2. The third-order valence-corrected chi connectivity index (χ3v) is 1.46. The summed E-state index contributed by atoms with van der Waals surface area (Å²) >= 11 is 0. The van der Waals surface area contributed by atoms with Gasteiger partial charge in [0, 0.05) is 6.20 Å². The van der Waals surface area contributed by atoms with Crippen LogP contribution in [0.5, 0.6) is 0 Å². The molecule has 0 amide bonds. The Morgan fingerprint density at radius 3 is 2.77 bits per heavy atom. The predicted molar refractivity (Wildman–Crippen MR) is 47.0 cm³/mol. The van der Waals surface area contributed by atoms with Crippen molar-refractivity contribution in [2.75, 3.05) is 6.67 Å². The molecule has 1 N–H and O–H groups in total. The molecule has 1 rings (SSSR count). The van der Waals surface area contributed by atoms with E-state index in [1.165, 1.54) is 12.3 Å². The maximum absolute atomic E-state index is 12.5. The maximum atomic E-state index is 12.5. The van der Waals surface area contributed by atoms with Crippen molar-refractivity contribution >= 4 is 11.5 Å². The molecule has 2 nitrogen and oxygen atoms in total. The van der Waals surface area contributed by atoms with Gasteiger partial charge in [0.15, 0.2) is 0 Å². The SMILES string of the molecule is N=C(F)/C(=C/CF)c1ccccn1. The summed E-state index contributed by atoms with van der Waals surface area (Å²) < 4.78 is 24.5. The van der Waals surface area contributed by atoms with Gasteiger partial charge in [0.1, 0.15) is 6.67 Å². The van der Waals surface area contributed by atoms with E-state index in [0.717, 1.165) is 6.08 Å². The van der Waals surface area contributed by atoms with E-state index in [1.807, 2.05) is 0 Å². The molecule has 0 aromatic carbocycles. The molecule has 68 valence electrons. The number of hydrogen-bond acceptors (Lipinski definition) is 2. The van der Waals surface area contributed by atoms with Crippen LogP contribution in [0.15, 0.2) is 30.5 Å². The molecule has 0 aliphatic heterocycles. The molecule has 0 unspecified atom stereocenters. The number of alkyl halides is 1. The zero-order valence-corrected chi connectivity index (χ0v) is 6.80. The van der Waals surface area contributed by atoms with Crippen LogP contribution in [0, 0.1) is 5.41 Å². The summed E-state index contributed by atoms with van der Waals surface area (Å²) in [5.74, 6) is -1.17. The molecule has 0 fully saturated rings. The van der Waals surface area contributed by atoms with Crippen molar-refractivity contribution < 1.29 is 8.78 Å². The average molecular weight is 182 g/mol. The van der Waals surface area contributed by atoms with Crippen LogP contribution >= 0.6 is 0 Å². The van der Waals surface area contributed by atoms with Crippen molar-refractivity contribution in [2.24, 2.45) is 0 Å². The zero-order valence-electron chi connectivity index (χ0n) is 6.80. The number of allylic oxidation sites excluding steroid dienone is 2. The molecule has 0 spiro atoms. The highest BCUT2D eigenvalue weighted by Crippen LogP contribution is 2.12. The van der Waals surface area contributed by atoms with Crippen molar-refractivity contribution in [1.82, 2.24) is 4.98 Å². The van der Waals surface area contributed by atoms with Gasteiger partial charge in [0.25, 0.3) is 0 Å². The molecule has 0 saturated carbocycles. The number of halogens is 2. The lowest BCUT2D eigenvalue weighted by Crippen LogP contribution is -1.96. The van der Waals surface area contributed by atoms with Gasteiger partial charge in [-0.05, 0) is 18.2 Å². The molecule has 0 aliphatic carbocycles. The lowest BCUT2D eigenvalue weighted by Gasteiger charge is -2.00. The number of aromatic nitrogens is 1. The van der Waals surface area contributed by atoms with Gasteiger partial charge in [-0.3, -0.25) is 10.4 Å². The summed E-state index contributed by atoms with van der Waals surface area (Å²) in [6.45, 7) is -0.807. The van der Waals surface area contributed by atoms with Crippen molar-refractivity contribution in [3.8, 4) is 0 Å². The summed E-state index contributed by atoms with van der Waals surface area (Å²) in [7, 11) is 0. The second-order valence-corrected chi connectivity index (χ2v) is 2.30. The van der Waals surface area contributed by atoms with E-state index < -0.39 is 12.6 Å². The van der Waals surface area contributed by atoms with Crippen LogP contribution < -0.4 is 0 Å². The van der Waals surface area contributed by atoms with Gasteiger partial charge in [0.2, 0.25) is 5.97 Å². The monoisotopic (exact) mass is 182 g/mol. The Balaban J connectivity index is 3.03. The molecular weight excluding hydrogens is 174 g/mol. The van der Waals surface area contributed by atoms with Gasteiger partial charge in [-0.25, -0.2) is 4.39 Å². The third-order valence-electron chi connectivity index (χ3n) is 1.46. The highest BCUT2D eigenvalue weighted by molar-refractivity contribution is 6.16. The normalized spacial score (nSPS) is 11.4. The number of nitrogens with one attached hydrogen (secondary N) is 1. The molecule has 0 saturated heterocycles. The quantitative estimate of drug-likeness (QED) is 0.716. The lowest BCUT2D eigenvalue weighted by atomic mass is 10.1. The Kier molecular flexibility index (Phi) is 3.25. The number of pyridine rings is 1. The van der Waals surface area contributed by atoms with Crippen LogP contribution in [0.25, 0.3) is 5.57 Å². The molecule has 4 heteroatoms. The fraction of sp³-hybridized carbons (Fsp3) is 0.111. The minimum atomic E-state index is -1.17. The maximum Gasteiger partial charge on any atom is 0.214 e. The molecule has 13 heavy (non-hydrogen) atoms. The first-order valence-corrected chi connectivity index (χ1v) is 3.67. The first-order chi connectivity index (χ1) is 6.25. The minimum Gasteiger partial charge on any atom is -0.274 e. The first kappa shape index (κ1) is 9.51. The van der Waals surface area contributed by atoms with Crippen LogP contribution in [0.1, 0.15) is 5.69 Å². The van der Waals surface area contributed by atoms with Crippen molar-refractivity contribution in [3.05, 3.63) is 36.2 Å². The fourth-order valence-corrected chi connectivity index (χ4v) is 0.906. The largest absolute Gasteiger partial charge is 0.274 e. The van der Waals surface area contributed by atoms with Crippen molar-refractivity contribution in [2.45, 2.75) is 0 Å². The smallest absolute Gasteiger partial charge is 0.214 e. The highest BCUT2D eigenvalue weighted by atomic mass is 19.1. The molecule has 0 radical (unpaired) electrons. The van der Waals surface area contributed by atoms with E-state index in [2.05, 4.69) is 4.98 Å². The summed E-state index contributed by atoms with van der Waals surface area (Å²) in [5, 5.41) is 6.75. The first-order valence-electron chi connectivity index (χ1n) is 3.67. The summed E-state index contributed by atoms with van der Waals surface area (Å²) in [5.41, 5.74) is 0.163. The second-order valence-electron chi connectivity index (χ2n) is 2.30. The predicted octanol–water partition coefficient (Wildman–Crippen LogP) is 2.38. The summed E-state index contributed by atoms with van der Waals surface area (Å²) in [4.78, 5) is 3.80. The molecule has 0 bridgehead atoms. The van der Waals surface area contributed by atoms with Crippen molar-refractivity contribution in [1.29, 1.82) is 5.41 Å². The Hall–Kier alpha value is -1.58.